The highest BCUT2D eigenvalue weighted by atomic mass is 19.3. The summed E-state index contributed by atoms with van der Waals surface area (Å²) in [5.74, 6) is 0.526. The van der Waals surface area contributed by atoms with Crippen LogP contribution in [0.3, 0.4) is 0 Å². The molecule has 1 aromatic carbocycles. The molecule has 12 heteroatoms. The van der Waals surface area contributed by atoms with Crippen molar-refractivity contribution in [2.24, 2.45) is 0 Å². The molecule has 0 radical (unpaired) electrons. The van der Waals surface area contributed by atoms with E-state index >= 15 is 0 Å². The van der Waals surface area contributed by atoms with Crippen molar-refractivity contribution in [2.75, 3.05) is 56.8 Å². The molecule has 0 bridgehead atoms. The topological polar surface area (TPSA) is 97.6 Å². The standard InChI is InChI=1S/C26H33F2N7O3/c1-17(25(36)34-10-6-5-7-18(34)16-37-2)29-26-31-21(33-11-13-38-14-12-33)15-22(32-26)35-20-9-4-3-8-19(20)30-24(35)23(27)28/h3-4,8-9,15,17-18,23H,5-7,10-14,16H2,1-2H3,(H,29,31,32)/t17-,18+/m0/s1. The zero-order valence-electron chi connectivity index (χ0n) is 21.6. The number of rotatable bonds is 8. The molecule has 0 saturated carbocycles. The van der Waals surface area contributed by atoms with Crippen LogP contribution in [0.4, 0.5) is 20.5 Å². The van der Waals surface area contributed by atoms with Gasteiger partial charge in [0.25, 0.3) is 6.43 Å². The SMILES string of the molecule is COC[C@H]1CCCCN1C(=O)[C@H](C)Nc1nc(N2CCOCC2)cc(-n2c(C(F)F)nc3ccccc32)n1. The number of benzene rings is 1. The number of carbonyl (C=O) groups is 1. The minimum absolute atomic E-state index is 0.0209. The highest BCUT2D eigenvalue weighted by molar-refractivity contribution is 5.84. The molecule has 2 atom stereocenters. The monoisotopic (exact) mass is 529 g/mol. The summed E-state index contributed by atoms with van der Waals surface area (Å²) in [6, 6.07) is 8.03. The van der Waals surface area contributed by atoms with Crippen molar-refractivity contribution in [3.8, 4) is 5.82 Å². The number of alkyl halides is 2. The van der Waals surface area contributed by atoms with E-state index in [4.69, 9.17) is 9.47 Å². The van der Waals surface area contributed by atoms with Crippen molar-refractivity contribution in [2.45, 2.75) is 44.7 Å². The van der Waals surface area contributed by atoms with E-state index in [1.807, 2.05) is 9.80 Å². The molecule has 204 valence electrons. The molecule has 4 heterocycles. The van der Waals surface area contributed by atoms with Gasteiger partial charge in [-0.3, -0.25) is 9.36 Å². The van der Waals surface area contributed by atoms with Crippen molar-refractivity contribution < 1.29 is 23.0 Å². The van der Waals surface area contributed by atoms with Gasteiger partial charge >= 0.3 is 0 Å². The Morgan fingerprint density at radius 3 is 2.66 bits per heavy atom. The minimum atomic E-state index is -2.81. The van der Waals surface area contributed by atoms with E-state index in [1.54, 1.807) is 44.4 Å². The van der Waals surface area contributed by atoms with Crippen LogP contribution in [-0.4, -0.2) is 89.0 Å². The number of ether oxygens (including phenoxy) is 2. The molecule has 1 N–H and O–H groups in total. The third-order valence-electron chi connectivity index (χ3n) is 7.03. The summed E-state index contributed by atoms with van der Waals surface area (Å²) in [4.78, 5) is 30.7. The van der Waals surface area contributed by atoms with Gasteiger partial charge in [-0.1, -0.05) is 12.1 Å². The van der Waals surface area contributed by atoms with Gasteiger partial charge in [0.15, 0.2) is 5.82 Å². The Kier molecular flexibility index (Phi) is 7.98. The number of hydrogen-bond acceptors (Lipinski definition) is 8. The first-order valence-corrected chi connectivity index (χ1v) is 13.0. The molecule has 2 aliphatic heterocycles. The van der Waals surface area contributed by atoms with Crippen LogP contribution in [0.5, 0.6) is 0 Å². The van der Waals surface area contributed by atoms with E-state index in [9.17, 15) is 13.6 Å². The molecule has 5 rings (SSSR count). The number of para-hydroxylation sites is 2. The van der Waals surface area contributed by atoms with Crippen LogP contribution in [0.1, 0.15) is 38.4 Å². The number of piperidine rings is 1. The van der Waals surface area contributed by atoms with Crippen LogP contribution in [0.25, 0.3) is 16.9 Å². The summed E-state index contributed by atoms with van der Waals surface area (Å²) in [5.41, 5.74) is 0.960. The molecule has 38 heavy (non-hydrogen) atoms. The largest absolute Gasteiger partial charge is 0.383 e. The molecule has 0 spiro atoms. The van der Waals surface area contributed by atoms with Crippen LogP contribution in [0, 0.1) is 0 Å². The molecule has 2 aromatic heterocycles. The molecular formula is C26H33F2N7O3. The van der Waals surface area contributed by atoms with Crippen LogP contribution in [-0.2, 0) is 14.3 Å². The number of methoxy groups -OCH3 is 1. The average Bonchev–Trinajstić information content (AvgIpc) is 3.34. The van der Waals surface area contributed by atoms with Crippen molar-refractivity contribution >= 4 is 28.7 Å². The lowest BCUT2D eigenvalue weighted by Gasteiger charge is -2.37. The Morgan fingerprint density at radius 1 is 1.13 bits per heavy atom. The molecule has 2 aliphatic rings. The molecule has 2 saturated heterocycles. The van der Waals surface area contributed by atoms with Gasteiger partial charge in [0, 0.05) is 32.8 Å². The van der Waals surface area contributed by atoms with Crippen molar-refractivity contribution in [1.29, 1.82) is 0 Å². The number of halogens is 2. The second-order valence-electron chi connectivity index (χ2n) is 9.60. The van der Waals surface area contributed by atoms with Gasteiger partial charge < -0.3 is 24.6 Å². The fraction of sp³-hybridized carbons (Fsp3) is 0.538. The Hall–Kier alpha value is -3.38. The summed E-state index contributed by atoms with van der Waals surface area (Å²) < 4.78 is 40.4. The quantitative estimate of drug-likeness (QED) is 0.474. The number of nitrogens with zero attached hydrogens (tertiary/aromatic N) is 6. The number of morpholine rings is 1. The number of hydrogen-bond donors (Lipinski definition) is 1. The van der Waals surface area contributed by atoms with Crippen LogP contribution < -0.4 is 10.2 Å². The Labute approximate surface area is 219 Å². The second-order valence-corrected chi connectivity index (χ2v) is 9.60. The van der Waals surface area contributed by atoms with E-state index in [0.717, 1.165) is 19.3 Å². The second kappa shape index (κ2) is 11.6. The summed E-state index contributed by atoms with van der Waals surface area (Å²) in [7, 11) is 1.64. The van der Waals surface area contributed by atoms with Gasteiger partial charge in [0.1, 0.15) is 17.7 Å². The van der Waals surface area contributed by atoms with E-state index in [1.165, 1.54) is 4.57 Å². The maximum absolute atomic E-state index is 14.1. The maximum atomic E-state index is 14.1. The van der Waals surface area contributed by atoms with Gasteiger partial charge in [-0.15, -0.1) is 0 Å². The minimum Gasteiger partial charge on any atom is -0.383 e. The molecule has 2 fully saturated rings. The van der Waals surface area contributed by atoms with Gasteiger partial charge in [-0.05, 0) is 38.3 Å². The average molecular weight is 530 g/mol. The number of imidazole rings is 1. The first-order chi connectivity index (χ1) is 18.5. The van der Waals surface area contributed by atoms with Gasteiger partial charge in [-0.2, -0.15) is 9.97 Å². The third kappa shape index (κ3) is 5.41. The van der Waals surface area contributed by atoms with E-state index in [-0.39, 0.29) is 23.7 Å². The third-order valence-corrected chi connectivity index (χ3v) is 7.03. The van der Waals surface area contributed by atoms with Crippen molar-refractivity contribution in [1.82, 2.24) is 24.4 Å². The van der Waals surface area contributed by atoms with Crippen LogP contribution in [0.2, 0.25) is 0 Å². The normalized spacial score (nSPS) is 19.2. The Bertz CT molecular complexity index is 1260. The number of aromatic nitrogens is 4. The van der Waals surface area contributed by atoms with E-state index in [2.05, 4.69) is 20.3 Å². The summed E-state index contributed by atoms with van der Waals surface area (Å²) >= 11 is 0. The molecular weight excluding hydrogens is 496 g/mol. The van der Waals surface area contributed by atoms with Gasteiger partial charge in [0.05, 0.1) is 36.9 Å². The molecule has 0 aliphatic carbocycles. The van der Waals surface area contributed by atoms with Crippen LogP contribution >= 0.6 is 0 Å². The number of anilines is 2. The first-order valence-electron chi connectivity index (χ1n) is 13.0. The lowest BCUT2D eigenvalue weighted by Crippen LogP contribution is -2.51. The number of amides is 1. The first kappa shape index (κ1) is 26.2. The summed E-state index contributed by atoms with van der Waals surface area (Å²) in [6.45, 7) is 5.18. The number of nitrogens with one attached hydrogen (secondary N) is 1. The van der Waals surface area contributed by atoms with Crippen molar-refractivity contribution in [3.05, 3.63) is 36.2 Å². The molecule has 0 unspecified atom stereocenters. The summed E-state index contributed by atoms with van der Waals surface area (Å²) in [5, 5.41) is 3.15. The molecule has 1 amide bonds. The smallest absolute Gasteiger partial charge is 0.296 e. The number of carbonyl (C=O) groups excluding carboxylic acids is 1. The van der Waals surface area contributed by atoms with Crippen molar-refractivity contribution in [3.63, 3.8) is 0 Å². The number of likely N-dealkylation sites (tertiary alicyclic amines) is 1. The van der Waals surface area contributed by atoms with E-state index in [0.29, 0.717) is 56.3 Å². The van der Waals surface area contributed by atoms with E-state index < -0.39 is 18.3 Å². The highest BCUT2D eigenvalue weighted by Gasteiger charge is 2.30. The molecule has 10 nitrogen and oxygen atoms in total. The zero-order valence-corrected chi connectivity index (χ0v) is 21.6. The fourth-order valence-electron chi connectivity index (χ4n) is 5.15. The highest BCUT2D eigenvalue weighted by Crippen LogP contribution is 2.29. The predicted molar refractivity (Wildman–Crippen MR) is 139 cm³/mol. The lowest BCUT2D eigenvalue weighted by molar-refractivity contribution is -0.136. The predicted octanol–water partition coefficient (Wildman–Crippen LogP) is 3.42. The Morgan fingerprint density at radius 2 is 1.89 bits per heavy atom. The fourth-order valence-corrected chi connectivity index (χ4v) is 5.15. The summed E-state index contributed by atoms with van der Waals surface area (Å²) in [6.07, 6.45) is 0.0800. The maximum Gasteiger partial charge on any atom is 0.296 e. The zero-order chi connectivity index (χ0) is 26.6. The lowest BCUT2D eigenvalue weighted by atomic mass is 10.0. The number of fused-ring (bicyclic) bond motifs is 1. The van der Waals surface area contributed by atoms with Gasteiger partial charge in [0.2, 0.25) is 11.9 Å². The molecule has 3 aromatic rings. The van der Waals surface area contributed by atoms with Crippen LogP contribution in [0.15, 0.2) is 30.3 Å². The Balaban J connectivity index is 1.51. The van der Waals surface area contributed by atoms with Gasteiger partial charge in [-0.25, -0.2) is 13.8 Å².